The Labute approximate surface area is 153 Å². The minimum absolute atomic E-state index is 1.20. The van der Waals surface area contributed by atoms with E-state index < -0.39 is 0 Å². The van der Waals surface area contributed by atoms with Crippen LogP contribution in [0.4, 0.5) is 0 Å². The van der Waals surface area contributed by atoms with Crippen molar-refractivity contribution in [1.82, 2.24) is 4.90 Å². The van der Waals surface area contributed by atoms with Gasteiger partial charge < -0.3 is 4.90 Å². The molecule has 0 saturated carbocycles. The lowest BCUT2D eigenvalue weighted by Crippen LogP contribution is -2.23. The van der Waals surface area contributed by atoms with Gasteiger partial charge in [-0.15, -0.1) is 0 Å². The van der Waals surface area contributed by atoms with E-state index in [2.05, 4.69) is 72.6 Å². The number of benzene rings is 2. The van der Waals surface area contributed by atoms with E-state index in [-0.39, 0.29) is 0 Å². The highest BCUT2D eigenvalue weighted by atomic mass is 15.1. The summed E-state index contributed by atoms with van der Waals surface area (Å²) < 4.78 is 0. The first-order valence-electron chi connectivity index (χ1n) is 9.97. The quantitative estimate of drug-likeness (QED) is 0.520. The number of piperidine rings is 1. The number of likely N-dealkylation sites (tertiary alicyclic amines) is 1. The molecule has 0 aromatic heterocycles. The molecule has 0 atom stereocenters. The first-order chi connectivity index (χ1) is 12.3. The molecule has 2 aromatic carbocycles. The maximum atomic E-state index is 2.44. The Morgan fingerprint density at radius 2 is 1.44 bits per heavy atom. The molecule has 1 nitrogen and oxygen atoms in total. The fraction of sp³-hybridized carbons (Fsp3) is 0.417. The van der Waals surface area contributed by atoms with E-state index in [1.807, 2.05) is 0 Å². The van der Waals surface area contributed by atoms with Crippen LogP contribution in [0.25, 0.3) is 17.2 Å². The SMILES string of the molecule is CCCCCc1ccc(-c2ccc(/C=C/N3CCCCC3)cc2)cc1. The number of nitrogens with zero attached hydrogens (tertiary/aromatic N) is 1. The summed E-state index contributed by atoms with van der Waals surface area (Å²) in [6, 6.07) is 18.0. The van der Waals surface area contributed by atoms with Crippen LogP contribution >= 0.6 is 0 Å². The molecular formula is C24H31N. The number of aryl methyl sites for hydroxylation is 1. The molecule has 25 heavy (non-hydrogen) atoms. The zero-order chi connectivity index (χ0) is 17.3. The first-order valence-corrected chi connectivity index (χ1v) is 9.97. The summed E-state index contributed by atoms with van der Waals surface area (Å²) in [5.41, 5.74) is 5.35. The van der Waals surface area contributed by atoms with Crippen molar-refractivity contribution in [2.75, 3.05) is 13.1 Å². The predicted molar refractivity (Wildman–Crippen MR) is 110 cm³/mol. The average molecular weight is 334 g/mol. The van der Waals surface area contributed by atoms with Crippen LogP contribution in [-0.2, 0) is 6.42 Å². The molecule has 1 heterocycles. The van der Waals surface area contributed by atoms with Crippen LogP contribution in [0.3, 0.4) is 0 Å². The Morgan fingerprint density at radius 1 is 0.800 bits per heavy atom. The fourth-order valence-electron chi connectivity index (χ4n) is 3.49. The third-order valence-electron chi connectivity index (χ3n) is 5.14. The third-order valence-corrected chi connectivity index (χ3v) is 5.14. The van der Waals surface area contributed by atoms with Crippen LogP contribution in [0.5, 0.6) is 0 Å². The largest absolute Gasteiger partial charge is 0.377 e. The van der Waals surface area contributed by atoms with Crippen LogP contribution in [0.1, 0.15) is 56.6 Å². The average Bonchev–Trinajstić information content (AvgIpc) is 2.68. The molecule has 1 aliphatic rings. The van der Waals surface area contributed by atoms with Crippen molar-refractivity contribution in [3.8, 4) is 11.1 Å². The normalized spacial score (nSPS) is 15.0. The van der Waals surface area contributed by atoms with Crippen molar-refractivity contribution < 1.29 is 0 Å². The van der Waals surface area contributed by atoms with E-state index in [0.717, 1.165) is 0 Å². The van der Waals surface area contributed by atoms with Crippen molar-refractivity contribution in [2.45, 2.75) is 51.9 Å². The molecule has 0 N–H and O–H groups in total. The molecule has 132 valence electrons. The molecule has 0 radical (unpaired) electrons. The van der Waals surface area contributed by atoms with Crippen LogP contribution in [0.2, 0.25) is 0 Å². The fourth-order valence-corrected chi connectivity index (χ4v) is 3.49. The number of rotatable bonds is 7. The second kappa shape index (κ2) is 9.46. The molecule has 0 aliphatic carbocycles. The van der Waals surface area contributed by atoms with Crippen LogP contribution < -0.4 is 0 Å². The highest BCUT2D eigenvalue weighted by Crippen LogP contribution is 2.22. The van der Waals surface area contributed by atoms with Gasteiger partial charge in [0.05, 0.1) is 0 Å². The van der Waals surface area contributed by atoms with Crippen molar-refractivity contribution in [3.05, 3.63) is 65.9 Å². The number of hydrogen-bond acceptors (Lipinski definition) is 1. The van der Waals surface area contributed by atoms with Crippen molar-refractivity contribution >= 4 is 6.08 Å². The van der Waals surface area contributed by atoms with Gasteiger partial charge in [0.15, 0.2) is 0 Å². The lowest BCUT2D eigenvalue weighted by Gasteiger charge is -2.24. The molecule has 1 saturated heterocycles. The van der Waals surface area contributed by atoms with E-state index in [1.54, 1.807) is 0 Å². The van der Waals surface area contributed by atoms with Gasteiger partial charge >= 0.3 is 0 Å². The zero-order valence-electron chi connectivity index (χ0n) is 15.6. The highest BCUT2D eigenvalue weighted by molar-refractivity contribution is 5.65. The summed E-state index contributed by atoms with van der Waals surface area (Å²) in [7, 11) is 0. The molecule has 2 aromatic rings. The molecule has 1 heteroatoms. The Bertz CT molecular complexity index is 645. The van der Waals surface area contributed by atoms with Gasteiger partial charge in [-0.2, -0.15) is 0 Å². The lowest BCUT2D eigenvalue weighted by atomic mass is 10.0. The Kier molecular flexibility index (Phi) is 6.73. The van der Waals surface area contributed by atoms with Gasteiger partial charge in [0.2, 0.25) is 0 Å². The third kappa shape index (κ3) is 5.49. The van der Waals surface area contributed by atoms with E-state index >= 15 is 0 Å². The van der Waals surface area contributed by atoms with Crippen molar-refractivity contribution in [2.24, 2.45) is 0 Å². The predicted octanol–water partition coefficient (Wildman–Crippen LogP) is 6.54. The molecule has 3 rings (SSSR count). The van der Waals surface area contributed by atoms with E-state index in [9.17, 15) is 0 Å². The summed E-state index contributed by atoms with van der Waals surface area (Å²) in [6.07, 6.45) is 13.7. The Balaban J connectivity index is 1.58. The maximum Gasteiger partial charge on any atom is 0.0172 e. The summed E-state index contributed by atoms with van der Waals surface area (Å²) in [6.45, 7) is 4.67. The first kappa shape index (κ1) is 17.8. The number of unbranched alkanes of at least 4 members (excludes halogenated alkanes) is 2. The monoisotopic (exact) mass is 333 g/mol. The molecule has 0 unspecified atom stereocenters. The molecular weight excluding hydrogens is 302 g/mol. The summed E-state index contributed by atoms with van der Waals surface area (Å²) >= 11 is 0. The zero-order valence-corrected chi connectivity index (χ0v) is 15.6. The molecule has 0 amide bonds. The van der Waals surface area contributed by atoms with Gasteiger partial charge in [-0.25, -0.2) is 0 Å². The van der Waals surface area contributed by atoms with E-state index in [1.165, 1.54) is 80.3 Å². The summed E-state index contributed by atoms with van der Waals surface area (Å²) in [5, 5.41) is 0. The van der Waals surface area contributed by atoms with Crippen LogP contribution in [-0.4, -0.2) is 18.0 Å². The molecule has 0 spiro atoms. The standard InChI is InChI=1S/C24H31N/c1-2-3-5-8-21-9-13-23(14-10-21)24-15-11-22(12-16-24)17-20-25-18-6-4-7-19-25/h9-17,20H,2-8,18-19H2,1H3/b20-17+. The number of hydrogen-bond donors (Lipinski definition) is 0. The second-order valence-corrected chi connectivity index (χ2v) is 7.19. The van der Waals surface area contributed by atoms with Gasteiger partial charge in [0, 0.05) is 13.1 Å². The molecule has 0 bridgehead atoms. The van der Waals surface area contributed by atoms with Gasteiger partial charge in [-0.3, -0.25) is 0 Å². The van der Waals surface area contributed by atoms with E-state index in [4.69, 9.17) is 0 Å². The van der Waals surface area contributed by atoms with Gasteiger partial charge in [-0.1, -0.05) is 68.3 Å². The Morgan fingerprint density at radius 3 is 2.08 bits per heavy atom. The van der Waals surface area contributed by atoms with Gasteiger partial charge in [0.25, 0.3) is 0 Å². The topological polar surface area (TPSA) is 3.24 Å². The Hall–Kier alpha value is -2.02. The summed E-state index contributed by atoms with van der Waals surface area (Å²) in [4.78, 5) is 2.44. The van der Waals surface area contributed by atoms with Gasteiger partial charge in [-0.05, 0) is 66.6 Å². The van der Waals surface area contributed by atoms with Crippen LogP contribution in [0.15, 0.2) is 54.7 Å². The smallest absolute Gasteiger partial charge is 0.0172 e. The van der Waals surface area contributed by atoms with Gasteiger partial charge in [0.1, 0.15) is 0 Å². The lowest BCUT2D eigenvalue weighted by molar-refractivity contribution is 0.311. The minimum Gasteiger partial charge on any atom is -0.377 e. The highest BCUT2D eigenvalue weighted by Gasteiger charge is 2.05. The second-order valence-electron chi connectivity index (χ2n) is 7.19. The molecule has 1 fully saturated rings. The maximum absolute atomic E-state index is 2.44. The molecule has 1 aliphatic heterocycles. The van der Waals surface area contributed by atoms with Crippen LogP contribution in [0, 0.1) is 0 Å². The van der Waals surface area contributed by atoms with Crippen molar-refractivity contribution in [1.29, 1.82) is 0 Å². The minimum atomic E-state index is 1.20. The van der Waals surface area contributed by atoms with E-state index in [0.29, 0.717) is 0 Å². The summed E-state index contributed by atoms with van der Waals surface area (Å²) in [5.74, 6) is 0. The van der Waals surface area contributed by atoms with Crippen molar-refractivity contribution in [3.63, 3.8) is 0 Å².